The van der Waals surface area contributed by atoms with Gasteiger partial charge in [-0.25, -0.2) is 4.98 Å². The van der Waals surface area contributed by atoms with E-state index in [-0.39, 0.29) is 6.04 Å². The van der Waals surface area contributed by atoms with Gasteiger partial charge in [-0.1, -0.05) is 42.9 Å². The van der Waals surface area contributed by atoms with E-state index in [0.29, 0.717) is 6.61 Å². The van der Waals surface area contributed by atoms with Crippen LogP contribution < -0.4 is 26.8 Å². The molecule has 1 aromatic heterocycles. The Hall–Kier alpha value is -2.70. The predicted octanol–water partition coefficient (Wildman–Crippen LogP) is 4.19. The second kappa shape index (κ2) is 12.2. The highest BCUT2D eigenvalue weighted by atomic mass is 32.1. The maximum Gasteiger partial charge on any atom is 0.131 e. The largest absolute Gasteiger partial charge is 0.494 e. The summed E-state index contributed by atoms with van der Waals surface area (Å²) in [5.41, 5.74) is 13.6. The highest BCUT2D eigenvalue weighted by Crippen LogP contribution is 2.18. The van der Waals surface area contributed by atoms with Crippen LogP contribution in [-0.4, -0.2) is 16.2 Å². The van der Waals surface area contributed by atoms with Crippen molar-refractivity contribution in [1.29, 1.82) is 0 Å². The average molecular weight is 439 g/mol. The van der Waals surface area contributed by atoms with Crippen LogP contribution in [0, 0.1) is 4.64 Å². The number of hydrogen-bond acceptors (Lipinski definition) is 5. The number of rotatable bonds is 6. The fourth-order valence-electron chi connectivity index (χ4n) is 3.11. The Balaban J connectivity index is 0.000000366. The molecule has 0 amide bonds. The third-order valence-corrected chi connectivity index (χ3v) is 5.29. The number of nitrogens with two attached hydrogens (primary N) is 2. The molecule has 1 atom stereocenters. The summed E-state index contributed by atoms with van der Waals surface area (Å²) in [5, 5.41) is 1.99. The fraction of sp³-hybridized carbons (Fsp3) is 0.360. The van der Waals surface area contributed by atoms with E-state index < -0.39 is 0 Å². The van der Waals surface area contributed by atoms with Gasteiger partial charge in [0, 0.05) is 10.9 Å². The number of ether oxygens (including phenoxy) is 1. The molecule has 0 saturated heterocycles. The van der Waals surface area contributed by atoms with Crippen LogP contribution in [0.1, 0.15) is 58.8 Å². The van der Waals surface area contributed by atoms with Crippen LogP contribution in [0.4, 0.5) is 0 Å². The molecule has 4 N–H and O–H groups in total. The second-order valence-corrected chi connectivity index (χ2v) is 7.75. The molecule has 0 aliphatic heterocycles. The van der Waals surface area contributed by atoms with Gasteiger partial charge in [-0.3, -0.25) is 4.57 Å². The van der Waals surface area contributed by atoms with Crippen LogP contribution in [0.5, 0.6) is 5.75 Å². The van der Waals surface area contributed by atoms with Crippen LogP contribution in [-0.2, 0) is 0 Å². The van der Waals surface area contributed by atoms with E-state index in [0.717, 1.165) is 51.7 Å². The number of hydrogen-bond donors (Lipinski definition) is 2. The molecule has 0 fully saturated rings. The molecule has 0 radical (unpaired) electrons. The molecule has 31 heavy (non-hydrogen) atoms. The quantitative estimate of drug-likeness (QED) is 0.522. The molecule has 2 aromatic rings. The molecule has 1 aliphatic carbocycles. The minimum absolute atomic E-state index is 0.205. The normalized spacial score (nSPS) is 14.0. The maximum atomic E-state index is 6.15. The Morgan fingerprint density at radius 3 is 2.48 bits per heavy atom. The number of aromatic nitrogens is 2. The first-order valence-corrected chi connectivity index (χ1v) is 11.2. The molecule has 1 aromatic carbocycles. The van der Waals surface area contributed by atoms with Crippen LogP contribution in [0.15, 0.2) is 48.2 Å². The molecule has 1 aliphatic rings. The van der Waals surface area contributed by atoms with Crippen molar-refractivity contribution in [1.82, 2.24) is 9.55 Å². The lowest BCUT2D eigenvalue weighted by Crippen LogP contribution is -2.37. The third-order valence-electron chi connectivity index (χ3n) is 4.89. The van der Waals surface area contributed by atoms with Crippen LogP contribution in [0.25, 0.3) is 17.8 Å². The summed E-state index contributed by atoms with van der Waals surface area (Å²) >= 11 is 5.74. The summed E-state index contributed by atoms with van der Waals surface area (Å²) in [4.78, 5) is 4.76. The van der Waals surface area contributed by atoms with Gasteiger partial charge >= 0.3 is 0 Å². The van der Waals surface area contributed by atoms with Gasteiger partial charge in [0.2, 0.25) is 0 Å². The molecule has 1 heterocycles. The Labute approximate surface area is 190 Å². The maximum absolute atomic E-state index is 6.15. The van der Waals surface area contributed by atoms with Crippen LogP contribution >= 0.6 is 12.2 Å². The van der Waals surface area contributed by atoms with Gasteiger partial charge in [0.1, 0.15) is 16.2 Å². The molecular weight excluding hydrogens is 404 g/mol. The summed E-state index contributed by atoms with van der Waals surface area (Å²) in [6.45, 7) is 8.75. The lowest BCUT2D eigenvalue weighted by Gasteiger charge is -2.17. The lowest BCUT2D eigenvalue weighted by molar-refractivity contribution is 0.340. The van der Waals surface area contributed by atoms with Gasteiger partial charge in [0.25, 0.3) is 0 Å². The molecule has 166 valence electrons. The van der Waals surface area contributed by atoms with Crippen molar-refractivity contribution >= 4 is 24.4 Å². The first-order valence-electron chi connectivity index (χ1n) is 10.8. The monoisotopic (exact) mass is 438 g/mol. The molecule has 0 saturated carbocycles. The van der Waals surface area contributed by atoms with Crippen LogP contribution in [0.2, 0.25) is 0 Å². The molecule has 5 nitrogen and oxygen atoms in total. The first kappa shape index (κ1) is 24.6. The van der Waals surface area contributed by atoms with E-state index in [4.69, 9.17) is 33.4 Å². The second-order valence-electron chi connectivity index (χ2n) is 7.36. The molecule has 0 spiro atoms. The summed E-state index contributed by atoms with van der Waals surface area (Å²) in [5.74, 6) is 1.63. The molecule has 3 rings (SSSR count). The minimum Gasteiger partial charge on any atom is -0.494 e. The SMILES string of the molecule is CC/C(C)=C/C=C\N.CCOc1ccc(-n2c(C(C)N)nc3c(c2=S)=CCCC=3)cc1. The number of nitrogens with zero attached hydrogens (tertiary/aromatic N) is 2. The minimum atomic E-state index is -0.205. The van der Waals surface area contributed by atoms with Gasteiger partial charge < -0.3 is 16.2 Å². The van der Waals surface area contributed by atoms with E-state index in [2.05, 4.69) is 26.0 Å². The Bertz CT molecular complexity index is 1100. The fourth-order valence-corrected chi connectivity index (χ4v) is 3.50. The predicted molar refractivity (Wildman–Crippen MR) is 133 cm³/mol. The highest BCUT2D eigenvalue weighted by Gasteiger charge is 2.13. The summed E-state index contributed by atoms with van der Waals surface area (Å²) < 4.78 is 8.25. The Morgan fingerprint density at radius 1 is 1.23 bits per heavy atom. The number of benzene rings is 1. The number of allylic oxidation sites excluding steroid dienone is 3. The zero-order chi connectivity index (χ0) is 22.8. The molecule has 1 unspecified atom stereocenters. The van der Waals surface area contributed by atoms with Crippen molar-refractivity contribution in [3.63, 3.8) is 0 Å². The topological polar surface area (TPSA) is 79.1 Å². The standard InChI is InChI=1S/C18H21N3OS.C7H13N/c1-3-22-14-10-8-13(9-11-14)21-17(12(2)19)20-16-7-5-4-6-15(16)18(21)23;1-3-7(2)5-4-6-8/h6-12H,3-5,19H2,1-2H3;4-6H,3,8H2,1-2H3/b;6-4-,7-5+. The van der Waals surface area contributed by atoms with Gasteiger partial charge in [-0.15, -0.1) is 0 Å². The van der Waals surface area contributed by atoms with Gasteiger partial charge in [0.15, 0.2) is 0 Å². The zero-order valence-corrected chi connectivity index (χ0v) is 19.8. The average Bonchev–Trinajstić information content (AvgIpc) is 2.78. The van der Waals surface area contributed by atoms with E-state index in [1.807, 2.05) is 54.8 Å². The van der Waals surface area contributed by atoms with Crippen molar-refractivity contribution in [3.8, 4) is 11.4 Å². The van der Waals surface area contributed by atoms with Crippen molar-refractivity contribution in [2.45, 2.75) is 53.0 Å². The van der Waals surface area contributed by atoms with Gasteiger partial charge in [-0.05, 0) is 76.6 Å². The molecular formula is C25H34N4OS. The van der Waals surface area contributed by atoms with E-state index >= 15 is 0 Å². The third kappa shape index (κ3) is 6.64. The van der Waals surface area contributed by atoms with E-state index in [1.165, 1.54) is 5.57 Å². The first-order chi connectivity index (χ1) is 14.9. The number of fused-ring (bicyclic) bond motifs is 1. The smallest absolute Gasteiger partial charge is 0.131 e. The van der Waals surface area contributed by atoms with Crippen LogP contribution in [0.3, 0.4) is 0 Å². The van der Waals surface area contributed by atoms with E-state index in [9.17, 15) is 0 Å². The van der Waals surface area contributed by atoms with Crippen molar-refractivity contribution < 1.29 is 4.74 Å². The van der Waals surface area contributed by atoms with Crippen molar-refractivity contribution in [3.05, 3.63) is 69.2 Å². The highest BCUT2D eigenvalue weighted by molar-refractivity contribution is 7.71. The van der Waals surface area contributed by atoms with Gasteiger partial charge in [-0.2, -0.15) is 0 Å². The van der Waals surface area contributed by atoms with E-state index in [1.54, 1.807) is 6.20 Å². The summed E-state index contributed by atoms with van der Waals surface area (Å²) in [6, 6.07) is 7.67. The summed E-state index contributed by atoms with van der Waals surface area (Å²) in [6.07, 6.45) is 12.8. The van der Waals surface area contributed by atoms with Gasteiger partial charge in [0.05, 0.1) is 18.0 Å². The van der Waals surface area contributed by atoms with Crippen molar-refractivity contribution in [2.75, 3.05) is 6.61 Å². The zero-order valence-electron chi connectivity index (χ0n) is 19.0. The Kier molecular flexibility index (Phi) is 9.69. The lowest BCUT2D eigenvalue weighted by atomic mass is 10.1. The molecule has 0 bridgehead atoms. The van der Waals surface area contributed by atoms with Crippen molar-refractivity contribution in [2.24, 2.45) is 11.5 Å². The molecule has 6 heteroatoms. The Morgan fingerprint density at radius 2 is 1.90 bits per heavy atom. The summed E-state index contributed by atoms with van der Waals surface area (Å²) in [7, 11) is 0.